The van der Waals surface area contributed by atoms with Crippen molar-refractivity contribution in [3.8, 4) is 5.75 Å². The van der Waals surface area contributed by atoms with Crippen LogP contribution in [0.3, 0.4) is 0 Å². The summed E-state index contributed by atoms with van der Waals surface area (Å²) in [4.78, 5) is 25.6. The van der Waals surface area contributed by atoms with Crippen molar-refractivity contribution in [1.82, 2.24) is 0 Å². The molecule has 0 fully saturated rings. The highest BCUT2D eigenvalue weighted by atomic mass is 19.1. The SMILES string of the molecule is CCN(C(=O)COC(=O)c1ccc(C)cc1O)c1ccc(F)cc1. The average molecular weight is 331 g/mol. The first-order valence-electron chi connectivity index (χ1n) is 7.45. The molecule has 0 unspecified atom stereocenters. The number of aromatic hydroxyl groups is 1. The van der Waals surface area contributed by atoms with Gasteiger partial charge in [0.05, 0.1) is 0 Å². The summed E-state index contributed by atoms with van der Waals surface area (Å²) in [7, 11) is 0. The fourth-order valence-electron chi connectivity index (χ4n) is 2.22. The van der Waals surface area contributed by atoms with E-state index in [0.29, 0.717) is 12.2 Å². The third-order valence-corrected chi connectivity index (χ3v) is 3.46. The Kier molecular flexibility index (Phi) is 5.52. The van der Waals surface area contributed by atoms with Gasteiger partial charge in [0, 0.05) is 12.2 Å². The molecule has 0 atom stereocenters. The van der Waals surface area contributed by atoms with Crippen molar-refractivity contribution in [3.05, 3.63) is 59.4 Å². The minimum absolute atomic E-state index is 0.00164. The minimum Gasteiger partial charge on any atom is -0.507 e. The van der Waals surface area contributed by atoms with Gasteiger partial charge in [-0.25, -0.2) is 9.18 Å². The number of anilines is 1. The summed E-state index contributed by atoms with van der Waals surface area (Å²) in [6, 6.07) is 10.00. The first-order valence-corrected chi connectivity index (χ1v) is 7.45. The van der Waals surface area contributed by atoms with Gasteiger partial charge < -0.3 is 14.7 Å². The summed E-state index contributed by atoms with van der Waals surface area (Å²) in [6.07, 6.45) is 0. The predicted molar refractivity (Wildman–Crippen MR) is 87.6 cm³/mol. The molecular formula is C18H18FNO4. The highest BCUT2D eigenvalue weighted by molar-refractivity contribution is 5.98. The maximum absolute atomic E-state index is 13.0. The first-order chi connectivity index (χ1) is 11.4. The Bertz CT molecular complexity index is 743. The molecule has 2 aromatic rings. The van der Waals surface area contributed by atoms with Crippen molar-refractivity contribution >= 4 is 17.6 Å². The van der Waals surface area contributed by atoms with E-state index in [4.69, 9.17) is 4.74 Å². The molecule has 0 saturated carbocycles. The zero-order chi connectivity index (χ0) is 17.7. The van der Waals surface area contributed by atoms with Gasteiger partial charge >= 0.3 is 5.97 Å². The molecule has 1 N–H and O–H groups in total. The van der Waals surface area contributed by atoms with Gasteiger partial charge in [0.25, 0.3) is 5.91 Å². The molecule has 2 rings (SSSR count). The molecule has 0 aliphatic rings. The molecule has 5 nitrogen and oxygen atoms in total. The van der Waals surface area contributed by atoms with Gasteiger partial charge in [-0.1, -0.05) is 6.07 Å². The zero-order valence-corrected chi connectivity index (χ0v) is 13.5. The molecule has 0 spiro atoms. The molecule has 0 aromatic heterocycles. The Morgan fingerprint density at radius 3 is 2.42 bits per heavy atom. The third kappa shape index (κ3) is 4.10. The Hall–Kier alpha value is -2.89. The van der Waals surface area contributed by atoms with E-state index in [-0.39, 0.29) is 11.3 Å². The summed E-state index contributed by atoms with van der Waals surface area (Å²) >= 11 is 0. The number of benzene rings is 2. The van der Waals surface area contributed by atoms with Crippen molar-refractivity contribution in [1.29, 1.82) is 0 Å². The molecule has 24 heavy (non-hydrogen) atoms. The summed E-state index contributed by atoms with van der Waals surface area (Å²) in [5, 5.41) is 9.75. The van der Waals surface area contributed by atoms with Crippen molar-refractivity contribution in [2.24, 2.45) is 0 Å². The largest absolute Gasteiger partial charge is 0.507 e. The number of halogens is 1. The molecule has 2 aromatic carbocycles. The van der Waals surface area contributed by atoms with Crippen LogP contribution in [0, 0.1) is 12.7 Å². The van der Waals surface area contributed by atoms with Crippen LogP contribution in [0.4, 0.5) is 10.1 Å². The molecule has 1 amide bonds. The molecule has 126 valence electrons. The van der Waals surface area contributed by atoms with Crippen LogP contribution >= 0.6 is 0 Å². The number of carbonyl (C=O) groups excluding carboxylic acids is 2. The summed E-state index contributed by atoms with van der Waals surface area (Å²) in [6.45, 7) is 3.41. The zero-order valence-electron chi connectivity index (χ0n) is 13.5. The smallest absolute Gasteiger partial charge is 0.342 e. The van der Waals surface area contributed by atoms with Gasteiger partial charge in [-0.2, -0.15) is 0 Å². The second-order valence-corrected chi connectivity index (χ2v) is 5.21. The third-order valence-electron chi connectivity index (χ3n) is 3.46. The summed E-state index contributed by atoms with van der Waals surface area (Å²) in [5.74, 6) is -1.82. The number of phenolic OH excluding ortho intramolecular Hbond substituents is 1. The van der Waals surface area contributed by atoms with Crippen LogP contribution in [0.1, 0.15) is 22.8 Å². The standard InChI is InChI=1S/C18H18FNO4/c1-3-20(14-7-5-13(19)6-8-14)17(22)11-24-18(23)15-9-4-12(2)10-16(15)21/h4-10,21H,3,11H2,1-2H3. The van der Waals surface area contributed by atoms with Gasteiger partial charge in [-0.15, -0.1) is 0 Å². The summed E-state index contributed by atoms with van der Waals surface area (Å²) < 4.78 is 17.9. The van der Waals surface area contributed by atoms with Crippen LogP contribution in [0.25, 0.3) is 0 Å². The number of amides is 1. The number of aryl methyl sites for hydroxylation is 1. The van der Waals surface area contributed by atoms with E-state index in [1.54, 1.807) is 19.9 Å². The number of phenols is 1. The second kappa shape index (κ2) is 7.59. The van der Waals surface area contributed by atoms with Crippen LogP contribution in [-0.4, -0.2) is 30.1 Å². The Labute approximate surface area is 139 Å². The molecule has 0 bridgehead atoms. The van der Waals surface area contributed by atoms with Crippen LogP contribution in [0.2, 0.25) is 0 Å². The quantitative estimate of drug-likeness (QED) is 0.855. The molecule has 0 aliphatic heterocycles. The Morgan fingerprint density at radius 2 is 1.83 bits per heavy atom. The van der Waals surface area contributed by atoms with E-state index >= 15 is 0 Å². The normalized spacial score (nSPS) is 10.3. The molecule has 0 heterocycles. The van der Waals surface area contributed by atoms with Crippen molar-refractivity contribution in [2.45, 2.75) is 13.8 Å². The van der Waals surface area contributed by atoms with Crippen LogP contribution < -0.4 is 4.90 Å². The molecule has 0 radical (unpaired) electrons. The topological polar surface area (TPSA) is 66.8 Å². The maximum Gasteiger partial charge on any atom is 0.342 e. The number of likely N-dealkylation sites (N-methyl/N-ethyl adjacent to an activating group) is 1. The second-order valence-electron chi connectivity index (χ2n) is 5.21. The van der Waals surface area contributed by atoms with E-state index in [0.717, 1.165) is 5.56 Å². The highest BCUT2D eigenvalue weighted by Crippen LogP contribution is 2.20. The molecular weight excluding hydrogens is 313 g/mol. The lowest BCUT2D eigenvalue weighted by molar-refractivity contribution is -0.121. The fraction of sp³-hybridized carbons (Fsp3) is 0.222. The van der Waals surface area contributed by atoms with Gasteiger partial charge in [-0.05, 0) is 55.8 Å². The lowest BCUT2D eigenvalue weighted by atomic mass is 10.1. The van der Waals surface area contributed by atoms with E-state index in [2.05, 4.69) is 0 Å². The number of carbonyl (C=O) groups is 2. The number of hydrogen-bond donors (Lipinski definition) is 1. The van der Waals surface area contributed by atoms with Gasteiger partial charge in [0.1, 0.15) is 17.1 Å². The van der Waals surface area contributed by atoms with E-state index < -0.39 is 24.3 Å². The predicted octanol–water partition coefficient (Wildman–Crippen LogP) is 3.05. The number of ether oxygens (including phenoxy) is 1. The average Bonchev–Trinajstić information content (AvgIpc) is 2.55. The maximum atomic E-state index is 13.0. The van der Waals surface area contributed by atoms with Gasteiger partial charge in [0.2, 0.25) is 0 Å². The fourth-order valence-corrected chi connectivity index (χ4v) is 2.22. The monoisotopic (exact) mass is 331 g/mol. The van der Waals surface area contributed by atoms with Gasteiger partial charge in [-0.3, -0.25) is 4.79 Å². The number of esters is 1. The Morgan fingerprint density at radius 1 is 1.17 bits per heavy atom. The van der Waals surface area contributed by atoms with Crippen molar-refractivity contribution in [3.63, 3.8) is 0 Å². The van der Waals surface area contributed by atoms with Crippen LogP contribution in [0.15, 0.2) is 42.5 Å². The van der Waals surface area contributed by atoms with Crippen molar-refractivity contribution < 1.29 is 23.8 Å². The van der Waals surface area contributed by atoms with E-state index in [1.807, 2.05) is 0 Å². The number of hydrogen-bond acceptors (Lipinski definition) is 4. The molecule has 0 aliphatic carbocycles. The number of rotatable bonds is 5. The Balaban J connectivity index is 2.03. The number of nitrogens with zero attached hydrogens (tertiary/aromatic N) is 1. The lowest BCUT2D eigenvalue weighted by Crippen LogP contribution is -2.34. The van der Waals surface area contributed by atoms with Gasteiger partial charge in [0.15, 0.2) is 6.61 Å². The van der Waals surface area contributed by atoms with Crippen LogP contribution in [0.5, 0.6) is 5.75 Å². The first kappa shape index (κ1) is 17.5. The van der Waals surface area contributed by atoms with Crippen LogP contribution in [-0.2, 0) is 9.53 Å². The van der Waals surface area contributed by atoms with Crippen molar-refractivity contribution in [2.75, 3.05) is 18.1 Å². The van der Waals surface area contributed by atoms with E-state index in [1.165, 1.54) is 41.3 Å². The lowest BCUT2D eigenvalue weighted by Gasteiger charge is -2.20. The molecule has 0 saturated heterocycles. The van der Waals surface area contributed by atoms with E-state index in [9.17, 15) is 19.1 Å². The summed E-state index contributed by atoms with van der Waals surface area (Å²) in [5.41, 5.74) is 1.31. The minimum atomic E-state index is -0.781. The highest BCUT2D eigenvalue weighted by Gasteiger charge is 2.18. The molecule has 6 heteroatoms.